The summed E-state index contributed by atoms with van der Waals surface area (Å²) in [7, 11) is -3.88. The molecule has 2 amide bonds. The van der Waals surface area contributed by atoms with E-state index in [2.05, 4.69) is 21.2 Å². The van der Waals surface area contributed by atoms with Crippen LogP contribution in [0, 0.1) is 0 Å². The van der Waals surface area contributed by atoms with E-state index >= 15 is 0 Å². The zero-order valence-electron chi connectivity index (χ0n) is 22.7. The van der Waals surface area contributed by atoms with E-state index in [0.717, 1.165) is 16.1 Å². The van der Waals surface area contributed by atoms with Crippen molar-refractivity contribution in [3.8, 4) is 0 Å². The van der Waals surface area contributed by atoms with Gasteiger partial charge in [-0.2, -0.15) is 0 Å². The fraction of sp³-hybridized carbons (Fsp3) is 0.310. The van der Waals surface area contributed by atoms with E-state index in [1.807, 2.05) is 51.1 Å². The van der Waals surface area contributed by atoms with Gasteiger partial charge in [-0.05, 0) is 72.1 Å². The third-order valence-electron chi connectivity index (χ3n) is 5.93. The molecule has 0 fully saturated rings. The molecule has 0 aliphatic carbocycles. The van der Waals surface area contributed by atoms with Gasteiger partial charge in [-0.25, -0.2) is 8.42 Å². The van der Waals surface area contributed by atoms with E-state index in [-0.39, 0.29) is 18.9 Å². The summed E-state index contributed by atoms with van der Waals surface area (Å²) >= 11 is 16.0. The van der Waals surface area contributed by atoms with Gasteiger partial charge in [-0.15, -0.1) is 0 Å². The minimum atomic E-state index is -3.88. The molecule has 0 radical (unpaired) electrons. The van der Waals surface area contributed by atoms with Crippen LogP contribution in [0.3, 0.4) is 0 Å². The van der Waals surface area contributed by atoms with Gasteiger partial charge in [0.2, 0.25) is 21.8 Å². The second-order valence-corrected chi connectivity index (χ2v) is 14.0. The van der Waals surface area contributed by atoms with Crippen molar-refractivity contribution < 1.29 is 18.0 Å². The summed E-state index contributed by atoms with van der Waals surface area (Å²) in [6.07, 6.45) is 1.24. The quantitative estimate of drug-likeness (QED) is 0.284. The van der Waals surface area contributed by atoms with Gasteiger partial charge in [-0.1, -0.05) is 71.7 Å². The Hall–Kier alpha value is -2.59. The SMILES string of the molecule is CC(C)(C)NC(=O)[C@H](Cc1ccccc1)N(Cc1ccc(Cl)cc1Cl)C(=O)CN(c1ccccc1Br)S(C)(=O)=O. The van der Waals surface area contributed by atoms with Gasteiger partial charge in [0, 0.05) is 33.0 Å². The fourth-order valence-electron chi connectivity index (χ4n) is 4.09. The first-order valence-electron chi connectivity index (χ1n) is 12.5. The van der Waals surface area contributed by atoms with Crippen LogP contribution in [0.5, 0.6) is 0 Å². The van der Waals surface area contributed by atoms with Crippen LogP contribution in [0.25, 0.3) is 0 Å². The number of carbonyl (C=O) groups is 2. The van der Waals surface area contributed by atoms with Gasteiger partial charge in [0.25, 0.3) is 0 Å². The lowest BCUT2D eigenvalue weighted by atomic mass is 10.0. The number of halogens is 3. The van der Waals surface area contributed by atoms with Gasteiger partial charge in [0.1, 0.15) is 12.6 Å². The molecule has 0 aliphatic rings. The number of nitrogens with one attached hydrogen (secondary N) is 1. The van der Waals surface area contributed by atoms with Crippen LogP contribution in [0.1, 0.15) is 31.9 Å². The van der Waals surface area contributed by atoms with E-state index < -0.39 is 34.1 Å². The van der Waals surface area contributed by atoms with Crippen LogP contribution >= 0.6 is 39.1 Å². The second kappa shape index (κ2) is 13.4. The molecular formula is C29H32BrCl2N3O4S. The van der Waals surface area contributed by atoms with Gasteiger partial charge in [-0.3, -0.25) is 13.9 Å². The van der Waals surface area contributed by atoms with Crippen molar-refractivity contribution in [2.75, 3.05) is 17.1 Å². The van der Waals surface area contributed by atoms with Gasteiger partial charge in [0.05, 0.1) is 11.9 Å². The Labute approximate surface area is 254 Å². The van der Waals surface area contributed by atoms with Crippen molar-refractivity contribution in [2.45, 2.75) is 45.3 Å². The zero-order chi connectivity index (χ0) is 29.7. The molecule has 0 aliphatic heterocycles. The maximum atomic E-state index is 14.1. The number of benzene rings is 3. The highest BCUT2D eigenvalue weighted by molar-refractivity contribution is 9.10. The minimum absolute atomic E-state index is 0.0442. The summed E-state index contributed by atoms with van der Waals surface area (Å²) in [6, 6.07) is 20.0. The molecule has 1 atom stereocenters. The summed E-state index contributed by atoms with van der Waals surface area (Å²) in [5, 5.41) is 3.73. The van der Waals surface area contributed by atoms with Crippen molar-refractivity contribution in [3.63, 3.8) is 0 Å². The number of sulfonamides is 1. The molecule has 3 rings (SSSR count). The fourth-order valence-corrected chi connectivity index (χ4v) is 6.03. The molecule has 0 saturated carbocycles. The Balaban J connectivity index is 2.11. The van der Waals surface area contributed by atoms with E-state index in [4.69, 9.17) is 23.2 Å². The topological polar surface area (TPSA) is 86.8 Å². The van der Waals surface area contributed by atoms with Crippen molar-refractivity contribution in [1.82, 2.24) is 10.2 Å². The van der Waals surface area contributed by atoms with Crippen molar-refractivity contribution in [1.29, 1.82) is 0 Å². The number of hydrogen-bond acceptors (Lipinski definition) is 4. The predicted octanol–water partition coefficient (Wildman–Crippen LogP) is 6.08. The highest BCUT2D eigenvalue weighted by Gasteiger charge is 2.35. The molecule has 11 heteroatoms. The molecule has 0 spiro atoms. The van der Waals surface area contributed by atoms with E-state index in [1.54, 1.807) is 42.5 Å². The lowest BCUT2D eigenvalue weighted by Gasteiger charge is -2.35. The Bertz CT molecular complexity index is 1460. The van der Waals surface area contributed by atoms with Crippen LogP contribution < -0.4 is 9.62 Å². The van der Waals surface area contributed by atoms with Crippen LogP contribution in [-0.2, 0) is 32.6 Å². The predicted molar refractivity (Wildman–Crippen MR) is 165 cm³/mol. The molecule has 3 aromatic rings. The Kier molecular flexibility index (Phi) is 10.7. The summed E-state index contributed by atoms with van der Waals surface area (Å²) in [4.78, 5) is 29.3. The van der Waals surface area contributed by atoms with E-state index in [1.165, 1.54) is 4.90 Å². The number of carbonyl (C=O) groups excluding carboxylic acids is 2. The Morgan fingerprint density at radius 3 is 2.17 bits per heavy atom. The largest absolute Gasteiger partial charge is 0.350 e. The average Bonchev–Trinajstić information content (AvgIpc) is 2.85. The van der Waals surface area contributed by atoms with Gasteiger partial charge in [0.15, 0.2) is 0 Å². The van der Waals surface area contributed by atoms with Gasteiger partial charge < -0.3 is 10.2 Å². The monoisotopic (exact) mass is 667 g/mol. The van der Waals surface area contributed by atoms with Crippen LogP contribution in [0.2, 0.25) is 10.0 Å². The van der Waals surface area contributed by atoms with Crippen molar-refractivity contribution >= 4 is 66.7 Å². The number of rotatable bonds is 10. The highest BCUT2D eigenvalue weighted by atomic mass is 79.9. The average molecular weight is 669 g/mol. The molecule has 0 saturated heterocycles. The van der Waals surface area contributed by atoms with Crippen molar-refractivity contribution in [2.24, 2.45) is 0 Å². The maximum Gasteiger partial charge on any atom is 0.244 e. The number of hydrogen-bond donors (Lipinski definition) is 1. The first kappa shape index (κ1) is 31.9. The summed E-state index contributed by atoms with van der Waals surface area (Å²) in [6.45, 7) is 4.99. The lowest BCUT2D eigenvalue weighted by Crippen LogP contribution is -2.56. The molecular weight excluding hydrogens is 637 g/mol. The highest BCUT2D eigenvalue weighted by Crippen LogP contribution is 2.29. The smallest absolute Gasteiger partial charge is 0.244 e. The normalized spacial score (nSPS) is 12.5. The second-order valence-electron chi connectivity index (χ2n) is 10.4. The molecule has 0 unspecified atom stereocenters. The molecule has 0 heterocycles. The van der Waals surface area contributed by atoms with Crippen LogP contribution in [-0.4, -0.2) is 49.5 Å². The standard InChI is InChI=1S/C29H32BrCl2N3O4S/c1-29(2,3)33-28(37)26(16-20-10-6-5-7-11-20)34(18-21-14-15-22(31)17-24(21)32)27(36)19-35(40(4,38)39)25-13-9-8-12-23(25)30/h5-15,17,26H,16,18-19H2,1-4H3,(H,33,37)/t26-/m0/s1. The Morgan fingerprint density at radius 2 is 1.60 bits per heavy atom. The molecule has 40 heavy (non-hydrogen) atoms. The maximum absolute atomic E-state index is 14.1. The summed E-state index contributed by atoms with van der Waals surface area (Å²) < 4.78 is 27.3. The van der Waals surface area contributed by atoms with Gasteiger partial charge >= 0.3 is 0 Å². The summed E-state index contributed by atoms with van der Waals surface area (Å²) in [5.41, 5.74) is 1.13. The van der Waals surface area contributed by atoms with E-state index in [9.17, 15) is 18.0 Å². The van der Waals surface area contributed by atoms with Crippen LogP contribution in [0.4, 0.5) is 5.69 Å². The Morgan fingerprint density at radius 1 is 0.975 bits per heavy atom. The van der Waals surface area contributed by atoms with E-state index in [0.29, 0.717) is 25.8 Å². The third kappa shape index (κ3) is 8.96. The third-order valence-corrected chi connectivity index (χ3v) is 8.31. The molecule has 3 aromatic carbocycles. The van der Waals surface area contributed by atoms with Crippen LogP contribution in [0.15, 0.2) is 77.3 Å². The number of para-hydroxylation sites is 1. The summed E-state index contributed by atoms with van der Waals surface area (Å²) in [5.74, 6) is -0.946. The molecule has 0 aromatic heterocycles. The molecule has 0 bridgehead atoms. The number of anilines is 1. The minimum Gasteiger partial charge on any atom is -0.350 e. The lowest BCUT2D eigenvalue weighted by molar-refractivity contribution is -0.140. The number of nitrogens with zero attached hydrogens (tertiary/aromatic N) is 2. The number of amides is 2. The zero-order valence-corrected chi connectivity index (χ0v) is 26.6. The molecule has 214 valence electrons. The first-order valence-corrected chi connectivity index (χ1v) is 15.9. The van der Waals surface area contributed by atoms with Crippen molar-refractivity contribution in [3.05, 3.63) is 98.4 Å². The molecule has 1 N–H and O–H groups in total. The first-order chi connectivity index (χ1) is 18.7. The molecule has 7 nitrogen and oxygen atoms in total.